The van der Waals surface area contributed by atoms with Crippen molar-refractivity contribution in [3.8, 4) is 5.75 Å². The molecular formula is C16H20BrNO2. The van der Waals surface area contributed by atoms with Crippen molar-refractivity contribution >= 4 is 15.9 Å². The lowest BCUT2D eigenvalue weighted by atomic mass is 10.0. The molecule has 0 saturated heterocycles. The molecule has 0 radical (unpaired) electrons. The molecule has 0 bridgehead atoms. The molecule has 108 valence electrons. The Kier molecular flexibility index (Phi) is 5.26. The zero-order chi connectivity index (χ0) is 14.5. The second-order valence-electron chi connectivity index (χ2n) is 5.02. The molecule has 0 atom stereocenters. The number of ether oxygens (including phenoxy) is 1. The van der Waals surface area contributed by atoms with Crippen LogP contribution in [0.3, 0.4) is 0 Å². The van der Waals surface area contributed by atoms with Gasteiger partial charge in [0.1, 0.15) is 18.1 Å². The van der Waals surface area contributed by atoms with Crippen LogP contribution in [0.25, 0.3) is 0 Å². The topological polar surface area (TPSA) is 34.4 Å². The maximum atomic E-state index is 5.98. The van der Waals surface area contributed by atoms with E-state index in [1.165, 1.54) is 5.56 Å². The van der Waals surface area contributed by atoms with Gasteiger partial charge in [-0.3, -0.25) is 0 Å². The van der Waals surface area contributed by atoms with Crippen LogP contribution in [0.4, 0.5) is 0 Å². The number of halogens is 1. The van der Waals surface area contributed by atoms with Crippen LogP contribution in [-0.4, -0.2) is 7.05 Å². The number of benzene rings is 1. The van der Waals surface area contributed by atoms with E-state index in [0.717, 1.165) is 21.5 Å². The summed E-state index contributed by atoms with van der Waals surface area (Å²) in [5.41, 5.74) is 2.29. The number of nitrogens with one attached hydrogen (secondary N) is 1. The molecular weight excluding hydrogens is 318 g/mol. The standard InChI is InChI=1S/C16H20BrNO2/c1-11(2)14-8-13(17)4-5-15(14)20-10-12-6-7-19-16(12)9-18-3/h4-8,11,18H,9-10H2,1-3H3. The number of furan rings is 1. The lowest BCUT2D eigenvalue weighted by molar-refractivity contribution is 0.297. The van der Waals surface area contributed by atoms with Gasteiger partial charge in [-0.25, -0.2) is 0 Å². The first kappa shape index (κ1) is 15.1. The highest BCUT2D eigenvalue weighted by molar-refractivity contribution is 9.10. The fourth-order valence-electron chi connectivity index (χ4n) is 2.07. The quantitative estimate of drug-likeness (QED) is 0.844. The van der Waals surface area contributed by atoms with Gasteiger partial charge >= 0.3 is 0 Å². The fourth-order valence-corrected chi connectivity index (χ4v) is 2.45. The Hall–Kier alpha value is -1.26. The van der Waals surface area contributed by atoms with E-state index in [1.807, 2.05) is 25.2 Å². The first-order chi connectivity index (χ1) is 9.61. The Morgan fingerprint density at radius 3 is 2.80 bits per heavy atom. The lowest BCUT2D eigenvalue weighted by Gasteiger charge is -2.14. The highest BCUT2D eigenvalue weighted by Gasteiger charge is 2.11. The molecule has 20 heavy (non-hydrogen) atoms. The maximum absolute atomic E-state index is 5.98. The van der Waals surface area contributed by atoms with E-state index in [9.17, 15) is 0 Å². The van der Waals surface area contributed by atoms with Crippen LogP contribution in [0.5, 0.6) is 5.75 Å². The van der Waals surface area contributed by atoms with E-state index >= 15 is 0 Å². The van der Waals surface area contributed by atoms with Crippen LogP contribution in [0, 0.1) is 0 Å². The lowest BCUT2D eigenvalue weighted by Crippen LogP contribution is -2.07. The minimum atomic E-state index is 0.420. The summed E-state index contributed by atoms with van der Waals surface area (Å²) in [5.74, 6) is 2.28. The van der Waals surface area contributed by atoms with Crippen LogP contribution in [0.1, 0.15) is 36.7 Å². The summed E-state index contributed by atoms with van der Waals surface area (Å²) in [6, 6.07) is 8.09. The van der Waals surface area contributed by atoms with Gasteiger partial charge < -0.3 is 14.5 Å². The van der Waals surface area contributed by atoms with Crippen molar-refractivity contribution in [1.29, 1.82) is 0 Å². The van der Waals surface area contributed by atoms with E-state index < -0.39 is 0 Å². The minimum absolute atomic E-state index is 0.420. The monoisotopic (exact) mass is 337 g/mol. The Morgan fingerprint density at radius 2 is 2.10 bits per heavy atom. The Balaban J connectivity index is 2.12. The van der Waals surface area contributed by atoms with Crippen molar-refractivity contribution in [2.75, 3.05) is 7.05 Å². The minimum Gasteiger partial charge on any atom is -0.488 e. The van der Waals surface area contributed by atoms with Crippen LogP contribution < -0.4 is 10.1 Å². The zero-order valence-corrected chi connectivity index (χ0v) is 13.7. The average Bonchev–Trinajstić information content (AvgIpc) is 2.85. The summed E-state index contributed by atoms with van der Waals surface area (Å²) in [6.07, 6.45) is 1.70. The molecule has 1 aromatic heterocycles. The van der Waals surface area contributed by atoms with Crippen molar-refractivity contribution in [1.82, 2.24) is 5.32 Å². The van der Waals surface area contributed by atoms with Gasteiger partial charge in [0.05, 0.1) is 12.8 Å². The molecule has 0 aliphatic rings. The highest BCUT2D eigenvalue weighted by Crippen LogP contribution is 2.30. The fraction of sp³-hybridized carbons (Fsp3) is 0.375. The van der Waals surface area contributed by atoms with Gasteiger partial charge in [-0.1, -0.05) is 29.8 Å². The summed E-state index contributed by atoms with van der Waals surface area (Å²) in [4.78, 5) is 0. The number of rotatable bonds is 6. The van der Waals surface area contributed by atoms with Crippen LogP contribution in [0.2, 0.25) is 0 Å². The van der Waals surface area contributed by atoms with Gasteiger partial charge in [0, 0.05) is 10.0 Å². The molecule has 0 amide bonds. The predicted octanol–water partition coefficient (Wildman–Crippen LogP) is 4.46. The molecule has 0 aliphatic heterocycles. The van der Waals surface area contributed by atoms with Crippen LogP contribution in [0.15, 0.2) is 39.4 Å². The van der Waals surface area contributed by atoms with Crippen molar-refractivity contribution in [3.63, 3.8) is 0 Å². The molecule has 0 fully saturated rings. The van der Waals surface area contributed by atoms with Crippen molar-refractivity contribution in [2.45, 2.75) is 32.9 Å². The van der Waals surface area contributed by atoms with Crippen LogP contribution in [-0.2, 0) is 13.2 Å². The predicted molar refractivity (Wildman–Crippen MR) is 84.0 cm³/mol. The van der Waals surface area contributed by atoms with Gasteiger partial charge in [-0.05, 0) is 42.8 Å². The van der Waals surface area contributed by atoms with E-state index in [0.29, 0.717) is 19.1 Å². The molecule has 0 unspecified atom stereocenters. The zero-order valence-electron chi connectivity index (χ0n) is 12.1. The average molecular weight is 338 g/mol. The second kappa shape index (κ2) is 6.95. The first-order valence-corrected chi connectivity index (χ1v) is 7.53. The summed E-state index contributed by atoms with van der Waals surface area (Å²) in [5, 5.41) is 3.09. The molecule has 4 heteroatoms. The third kappa shape index (κ3) is 3.64. The smallest absolute Gasteiger partial charge is 0.124 e. The molecule has 0 saturated carbocycles. The van der Waals surface area contributed by atoms with Crippen molar-refractivity contribution in [3.05, 3.63) is 51.9 Å². The summed E-state index contributed by atoms with van der Waals surface area (Å²) >= 11 is 3.51. The summed E-state index contributed by atoms with van der Waals surface area (Å²) in [6.45, 7) is 5.57. The van der Waals surface area contributed by atoms with Gasteiger partial charge in [0.2, 0.25) is 0 Å². The number of hydrogen-bond acceptors (Lipinski definition) is 3. The molecule has 2 aromatic rings. The molecule has 1 N–H and O–H groups in total. The van der Waals surface area contributed by atoms with Crippen molar-refractivity contribution in [2.24, 2.45) is 0 Å². The third-order valence-electron chi connectivity index (χ3n) is 3.15. The largest absolute Gasteiger partial charge is 0.488 e. The van der Waals surface area contributed by atoms with E-state index in [2.05, 4.69) is 41.2 Å². The van der Waals surface area contributed by atoms with Gasteiger partial charge in [-0.15, -0.1) is 0 Å². The Bertz CT molecular complexity index is 563. The molecule has 0 spiro atoms. The third-order valence-corrected chi connectivity index (χ3v) is 3.65. The van der Waals surface area contributed by atoms with E-state index in [1.54, 1.807) is 6.26 Å². The first-order valence-electron chi connectivity index (χ1n) is 6.74. The molecule has 0 aliphatic carbocycles. The SMILES string of the molecule is CNCc1occc1COc1ccc(Br)cc1C(C)C. The Labute approximate surface area is 128 Å². The van der Waals surface area contributed by atoms with Gasteiger partial charge in [0.25, 0.3) is 0 Å². The van der Waals surface area contributed by atoms with E-state index in [4.69, 9.17) is 9.15 Å². The normalized spacial score (nSPS) is 11.1. The molecule has 1 aromatic carbocycles. The summed E-state index contributed by atoms with van der Waals surface area (Å²) in [7, 11) is 1.90. The maximum Gasteiger partial charge on any atom is 0.124 e. The Morgan fingerprint density at radius 1 is 1.30 bits per heavy atom. The van der Waals surface area contributed by atoms with E-state index in [-0.39, 0.29) is 0 Å². The second-order valence-corrected chi connectivity index (χ2v) is 5.94. The van der Waals surface area contributed by atoms with Gasteiger partial charge in [-0.2, -0.15) is 0 Å². The van der Waals surface area contributed by atoms with Crippen molar-refractivity contribution < 1.29 is 9.15 Å². The highest BCUT2D eigenvalue weighted by atomic mass is 79.9. The van der Waals surface area contributed by atoms with Crippen LogP contribution >= 0.6 is 15.9 Å². The molecule has 2 rings (SSSR count). The number of hydrogen-bond donors (Lipinski definition) is 1. The molecule has 1 heterocycles. The van der Waals surface area contributed by atoms with Gasteiger partial charge in [0.15, 0.2) is 0 Å². The summed E-state index contributed by atoms with van der Waals surface area (Å²) < 4.78 is 12.5. The molecule has 3 nitrogen and oxygen atoms in total.